The molecule has 2 heteroatoms. The van der Waals surface area contributed by atoms with Crippen molar-refractivity contribution in [1.82, 2.24) is 0 Å². The first-order valence-corrected chi connectivity index (χ1v) is 20.8. The van der Waals surface area contributed by atoms with E-state index in [0.717, 1.165) is 61.9 Å². The second kappa shape index (κ2) is 15.2. The zero-order valence-electron chi connectivity index (χ0n) is 33.1. The molecule has 11 rings (SSSR count). The van der Waals surface area contributed by atoms with Crippen LogP contribution < -0.4 is 4.90 Å². The van der Waals surface area contributed by atoms with E-state index in [1.807, 2.05) is 0 Å². The standard InChI is InChI=1S/C58H41NO/c1-5-15-40(16-6-1)43-25-27-46(28-26-43)48-37-54-55-39-53(47-21-11-4-12-22-47)51-23-13-14-24-52(51)57(55)60-58(54)56(38-48)59(49-33-29-44(30-34-49)41-17-7-2-8-18-41)50-35-31-45(32-36-50)42-19-9-3-10-20-42/h1-19,21-39,42H,20H2. The van der Waals surface area contributed by atoms with Crippen molar-refractivity contribution in [3.8, 4) is 44.5 Å². The highest BCUT2D eigenvalue weighted by Gasteiger charge is 2.24. The number of hydrogen-bond acceptors (Lipinski definition) is 2. The molecular formula is C58H41NO. The summed E-state index contributed by atoms with van der Waals surface area (Å²) in [4.78, 5) is 2.38. The minimum absolute atomic E-state index is 0.360. The van der Waals surface area contributed by atoms with Gasteiger partial charge in [0.15, 0.2) is 5.58 Å². The maximum absolute atomic E-state index is 7.23. The lowest BCUT2D eigenvalue weighted by Gasteiger charge is -2.27. The van der Waals surface area contributed by atoms with E-state index in [0.29, 0.717) is 5.92 Å². The molecule has 0 spiro atoms. The lowest BCUT2D eigenvalue weighted by molar-refractivity contribution is 0.673. The average molecular weight is 768 g/mol. The number of hydrogen-bond donors (Lipinski definition) is 0. The fraction of sp³-hybridized carbons (Fsp3) is 0.0345. The zero-order valence-corrected chi connectivity index (χ0v) is 33.1. The SMILES string of the molecule is C1=CCC(c2ccc(N(c3ccc(-c4ccccc4)cc3)c3cc(-c4ccc(-c5ccccc5)cc4)cc4c3oc3c5ccccc5c(-c5ccccc5)cc43)cc2)C=C1. The van der Waals surface area contributed by atoms with E-state index in [4.69, 9.17) is 4.42 Å². The van der Waals surface area contributed by atoms with Gasteiger partial charge in [-0.2, -0.15) is 0 Å². The van der Waals surface area contributed by atoms with E-state index in [-0.39, 0.29) is 0 Å². The molecular weight excluding hydrogens is 727 g/mol. The van der Waals surface area contributed by atoms with Gasteiger partial charge in [-0.25, -0.2) is 0 Å². The Kier molecular flexibility index (Phi) is 9.02. The molecule has 0 N–H and O–H groups in total. The number of nitrogens with zero attached hydrogens (tertiary/aromatic N) is 1. The van der Waals surface area contributed by atoms with Crippen LogP contribution in [0.25, 0.3) is 77.2 Å². The molecule has 1 unspecified atom stereocenters. The lowest BCUT2D eigenvalue weighted by Crippen LogP contribution is -2.11. The van der Waals surface area contributed by atoms with Crippen molar-refractivity contribution in [3.63, 3.8) is 0 Å². The van der Waals surface area contributed by atoms with Crippen molar-refractivity contribution in [2.45, 2.75) is 12.3 Å². The molecule has 60 heavy (non-hydrogen) atoms. The first-order valence-electron chi connectivity index (χ1n) is 20.8. The summed E-state index contributed by atoms with van der Waals surface area (Å²) >= 11 is 0. The Balaban J connectivity index is 1.16. The highest BCUT2D eigenvalue weighted by molar-refractivity contribution is 6.21. The monoisotopic (exact) mass is 767 g/mol. The average Bonchev–Trinajstić information content (AvgIpc) is 3.72. The quantitative estimate of drug-likeness (QED) is 0.153. The van der Waals surface area contributed by atoms with Crippen molar-refractivity contribution in [2.75, 3.05) is 4.90 Å². The predicted octanol–water partition coefficient (Wildman–Crippen LogP) is 16.5. The zero-order chi connectivity index (χ0) is 39.8. The van der Waals surface area contributed by atoms with Crippen LogP contribution in [0.2, 0.25) is 0 Å². The van der Waals surface area contributed by atoms with Crippen molar-refractivity contribution in [2.24, 2.45) is 0 Å². The Labute approximate surface area is 350 Å². The molecule has 9 aromatic carbocycles. The lowest BCUT2D eigenvalue weighted by atomic mass is 9.92. The summed E-state index contributed by atoms with van der Waals surface area (Å²) in [6, 6.07) is 74.5. The van der Waals surface area contributed by atoms with Crippen molar-refractivity contribution >= 4 is 49.8 Å². The molecule has 1 aliphatic rings. The second-order valence-electron chi connectivity index (χ2n) is 15.6. The Morgan fingerprint density at radius 1 is 0.383 bits per heavy atom. The van der Waals surface area contributed by atoms with E-state index >= 15 is 0 Å². The van der Waals surface area contributed by atoms with Gasteiger partial charge in [-0.05, 0) is 104 Å². The highest BCUT2D eigenvalue weighted by atomic mass is 16.3. The Morgan fingerprint density at radius 3 is 1.48 bits per heavy atom. The summed E-state index contributed by atoms with van der Waals surface area (Å²) in [5.74, 6) is 0.360. The normalized spacial score (nSPS) is 13.6. The summed E-state index contributed by atoms with van der Waals surface area (Å²) in [5.41, 5.74) is 15.5. The number of fused-ring (bicyclic) bond motifs is 5. The summed E-state index contributed by atoms with van der Waals surface area (Å²) in [6.45, 7) is 0. The van der Waals surface area contributed by atoms with Crippen LogP contribution in [0, 0.1) is 0 Å². The fourth-order valence-corrected chi connectivity index (χ4v) is 8.92. The summed E-state index contributed by atoms with van der Waals surface area (Å²) < 4.78 is 7.23. The van der Waals surface area contributed by atoms with Crippen LogP contribution in [0.4, 0.5) is 17.1 Å². The molecule has 1 aliphatic carbocycles. The van der Waals surface area contributed by atoms with Crippen molar-refractivity contribution in [3.05, 3.63) is 236 Å². The number of benzene rings is 9. The molecule has 2 nitrogen and oxygen atoms in total. The Bertz CT molecular complexity index is 3180. The van der Waals surface area contributed by atoms with E-state index in [9.17, 15) is 0 Å². The van der Waals surface area contributed by atoms with Crippen LogP contribution in [0.5, 0.6) is 0 Å². The Morgan fingerprint density at radius 2 is 0.883 bits per heavy atom. The molecule has 0 aliphatic heterocycles. The Hall–Kier alpha value is -7.68. The smallest absolute Gasteiger partial charge is 0.159 e. The molecule has 0 saturated heterocycles. The van der Waals surface area contributed by atoms with Crippen molar-refractivity contribution < 1.29 is 4.42 Å². The minimum Gasteiger partial charge on any atom is -0.453 e. The van der Waals surface area contributed by atoms with Crippen LogP contribution in [0.3, 0.4) is 0 Å². The summed E-state index contributed by atoms with van der Waals surface area (Å²) in [7, 11) is 0. The number of anilines is 3. The fourth-order valence-electron chi connectivity index (χ4n) is 8.92. The topological polar surface area (TPSA) is 16.4 Å². The molecule has 0 fully saturated rings. The van der Waals surface area contributed by atoms with Gasteiger partial charge in [-0.3, -0.25) is 0 Å². The van der Waals surface area contributed by atoms with E-state index < -0.39 is 0 Å². The van der Waals surface area contributed by atoms with Crippen LogP contribution in [-0.2, 0) is 0 Å². The van der Waals surface area contributed by atoms with Crippen LogP contribution >= 0.6 is 0 Å². The van der Waals surface area contributed by atoms with Gasteiger partial charge in [-0.15, -0.1) is 0 Å². The van der Waals surface area contributed by atoms with Gasteiger partial charge in [-0.1, -0.05) is 188 Å². The van der Waals surface area contributed by atoms with Gasteiger partial charge in [0.2, 0.25) is 0 Å². The van der Waals surface area contributed by atoms with Gasteiger partial charge in [0.05, 0.1) is 5.69 Å². The van der Waals surface area contributed by atoms with Crippen LogP contribution in [0.1, 0.15) is 17.9 Å². The molecule has 1 heterocycles. The number of furan rings is 1. The predicted molar refractivity (Wildman–Crippen MR) is 253 cm³/mol. The first kappa shape index (κ1) is 35.5. The largest absolute Gasteiger partial charge is 0.453 e. The van der Waals surface area contributed by atoms with E-state index in [2.05, 4.69) is 235 Å². The van der Waals surface area contributed by atoms with Gasteiger partial charge < -0.3 is 9.32 Å². The van der Waals surface area contributed by atoms with Crippen LogP contribution in [0.15, 0.2) is 235 Å². The van der Waals surface area contributed by atoms with Crippen molar-refractivity contribution in [1.29, 1.82) is 0 Å². The number of rotatable bonds is 8. The summed E-state index contributed by atoms with van der Waals surface area (Å²) in [5, 5.41) is 4.44. The molecule has 1 atom stereocenters. The van der Waals surface area contributed by atoms with Gasteiger partial charge >= 0.3 is 0 Å². The van der Waals surface area contributed by atoms with Gasteiger partial charge in [0.25, 0.3) is 0 Å². The molecule has 10 aromatic rings. The third kappa shape index (κ3) is 6.49. The maximum Gasteiger partial charge on any atom is 0.159 e. The third-order valence-electron chi connectivity index (χ3n) is 12.0. The minimum atomic E-state index is 0.360. The third-order valence-corrected chi connectivity index (χ3v) is 12.0. The maximum atomic E-state index is 7.23. The first-order chi connectivity index (χ1) is 29.7. The molecule has 0 amide bonds. The van der Waals surface area contributed by atoms with E-state index in [1.165, 1.54) is 44.3 Å². The molecule has 0 saturated carbocycles. The second-order valence-corrected chi connectivity index (χ2v) is 15.6. The number of allylic oxidation sites excluding steroid dienone is 4. The molecule has 1 aromatic heterocycles. The van der Waals surface area contributed by atoms with Gasteiger partial charge in [0, 0.05) is 33.5 Å². The van der Waals surface area contributed by atoms with Gasteiger partial charge in [0.1, 0.15) is 5.58 Å². The van der Waals surface area contributed by atoms with Crippen LogP contribution in [-0.4, -0.2) is 0 Å². The molecule has 284 valence electrons. The summed E-state index contributed by atoms with van der Waals surface area (Å²) in [6.07, 6.45) is 9.85. The van der Waals surface area contributed by atoms with E-state index in [1.54, 1.807) is 0 Å². The highest BCUT2D eigenvalue weighted by Crippen LogP contribution is 2.48. The molecule has 0 radical (unpaired) electrons. The molecule has 0 bridgehead atoms.